The van der Waals surface area contributed by atoms with E-state index >= 15 is 0 Å². The van der Waals surface area contributed by atoms with Gasteiger partial charge in [-0.25, -0.2) is 0 Å². The third kappa shape index (κ3) is 2.58. The van der Waals surface area contributed by atoms with E-state index in [9.17, 15) is 0 Å². The van der Waals surface area contributed by atoms with E-state index in [-0.39, 0.29) is 12.4 Å². The first kappa shape index (κ1) is 12.2. The summed E-state index contributed by atoms with van der Waals surface area (Å²) in [5, 5.41) is 7.16. The lowest BCUT2D eigenvalue weighted by atomic mass is 10.0. The standard InChI is InChI=1S/C10H15N3O.ClH/c1-3-4-7(2)10-12-9(13-14-10)8-5-11-6-8;/h4,8,11H,3,5-6H2,1-2H3;1H/b7-4-;. The van der Waals surface area contributed by atoms with Crippen LogP contribution in [0.25, 0.3) is 5.57 Å². The topological polar surface area (TPSA) is 51.0 Å². The first-order valence-electron chi connectivity index (χ1n) is 5.02. The molecule has 0 unspecified atom stereocenters. The van der Waals surface area contributed by atoms with Gasteiger partial charge in [0.15, 0.2) is 5.82 Å². The van der Waals surface area contributed by atoms with Crippen molar-refractivity contribution < 1.29 is 4.52 Å². The van der Waals surface area contributed by atoms with Gasteiger partial charge in [-0.3, -0.25) is 0 Å². The molecule has 1 aliphatic rings. The molecule has 0 amide bonds. The Hall–Kier alpha value is -0.870. The lowest BCUT2D eigenvalue weighted by molar-refractivity contribution is 0.372. The van der Waals surface area contributed by atoms with E-state index in [1.54, 1.807) is 0 Å². The summed E-state index contributed by atoms with van der Waals surface area (Å²) in [6.45, 7) is 6.03. The fourth-order valence-corrected chi connectivity index (χ4v) is 1.43. The van der Waals surface area contributed by atoms with Crippen molar-refractivity contribution >= 4 is 18.0 Å². The van der Waals surface area contributed by atoms with Crippen LogP contribution in [0.15, 0.2) is 10.6 Å². The first-order valence-corrected chi connectivity index (χ1v) is 5.02. The lowest BCUT2D eigenvalue weighted by Gasteiger charge is -2.23. The van der Waals surface area contributed by atoms with Gasteiger partial charge in [-0.2, -0.15) is 4.98 Å². The van der Waals surface area contributed by atoms with E-state index in [1.807, 2.05) is 6.92 Å². The molecule has 1 saturated heterocycles. The van der Waals surface area contributed by atoms with Crippen LogP contribution in [0.5, 0.6) is 0 Å². The maximum atomic E-state index is 5.18. The van der Waals surface area contributed by atoms with Gasteiger partial charge in [0.2, 0.25) is 0 Å². The summed E-state index contributed by atoms with van der Waals surface area (Å²) in [7, 11) is 0. The largest absolute Gasteiger partial charge is 0.334 e. The molecule has 0 atom stereocenters. The van der Waals surface area contributed by atoms with Gasteiger partial charge >= 0.3 is 0 Å². The summed E-state index contributed by atoms with van der Waals surface area (Å²) >= 11 is 0. The fourth-order valence-electron chi connectivity index (χ4n) is 1.43. The van der Waals surface area contributed by atoms with Gasteiger partial charge in [-0.05, 0) is 13.3 Å². The summed E-state index contributed by atoms with van der Waals surface area (Å²) in [6.07, 6.45) is 3.09. The summed E-state index contributed by atoms with van der Waals surface area (Å²) < 4.78 is 5.18. The highest BCUT2D eigenvalue weighted by molar-refractivity contribution is 5.85. The van der Waals surface area contributed by atoms with Crippen molar-refractivity contribution in [1.82, 2.24) is 15.5 Å². The number of aromatic nitrogens is 2. The Balaban J connectivity index is 0.00000112. The zero-order valence-corrected chi connectivity index (χ0v) is 9.80. The third-order valence-electron chi connectivity index (χ3n) is 2.44. The van der Waals surface area contributed by atoms with Crippen LogP contribution in [0, 0.1) is 0 Å². The first-order chi connectivity index (χ1) is 6.81. The van der Waals surface area contributed by atoms with E-state index in [0.717, 1.165) is 30.9 Å². The maximum Gasteiger partial charge on any atom is 0.253 e. The van der Waals surface area contributed by atoms with E-state index in [0.29, 0.717) is 11.8 Å². The molecule has 1 N–H and O–H groups in total. The van der Waals surface area contributed by atoms with E-state index < -0.39 is 0 Å². The van der Waals surface area contributed by atoms with Crippen molar-refractivity contribution in [1.29, 1.82) is 0 Å². The molecular weight excluding hydrogens is 214 g/mol. The minimum absolute atomic E-state index is 0. The predicted octanol–water partition coefficient (Wildman–Crippen LogP) is 1.99. The zero-order chi connectivity index (χ0) is 9.97. The molecule has 1 aromatic rings. The molecule has 2 heterocycles. The van der Waals surface area contributed by atoms with Crippen LogP contribution in [-0.4, -0.2) is 23.2 Å². The monoisotopic (exact) mass is 229 g/mol. The van der Waals surface area contributed by atoms with E-state index in [1.165, 1.54) is 0 Å². The molecule has 1 fully saturated rings. The van der Waals surface area contributed by atoms with Crippen LogP contribution in [0.4, 0.5) is 0 Å². The molecule has 1 aliphatic heterocycles. The second-order valence-corrected chi connectivity index (χ2v) is 3.61. The highest BCUT2D eigenvalue weighted by atomic mass is 35.5. The summed E-state index contributed by atoms with van der Waals surface area (Å²) in [5.74, 6) is 1.94. The molecule has 0 radical (unpaired) electrons. The number of hydrogen-bond donors (Lipinski definition) is 1. The Morgan fingerprint density at radius 1 is 1.60 bits per heavy atom. The number of rotatable bonds is 3. The Morgan fingerprint density at radius 3 is 2.87 bits per heavy atom. The molecule has 1 aromatic heterocycles. The second kappa shape index (κ2) is 5.28. The maximum absolute atomic E-state index is 5.18. The number of nitrogens with one attached hydrogen (secondary N) is 1. The lowest BCUT2D eigenvalue weighted by Crippen LogP contribution is -2.40. The van der Waals surface area contributed by atoms with Gasteiger partial charge in [-0.15, -0.1) is 12.4 Å². The minimum atomic E-state index is 0. The van der Waals surface area contributed by atoms with Crippen LogP contribution in [-0.2, 0) is 0 Å². The van der Waals surface area contributed by atoms with Crippen molar-refractivity contribution in [2.45, 2.75) is 26.2 Å². The van der Waals surface area contributed by atoms with Crippen LogP contribution in [0.3, 0.4) is 0 Å². The molecule has 0 bridgehead atoms. The Labute approximate surface area is 95.5 Å². The van der Waals surface area contributed by atoms with Gasteiger partial charge in [0.05, 0.1) is 0 Å². The van der Waals surface area contributed by atoms with Gasteiger partial charge in [0.1, 0.15) is 0 Å². The average Bonchev–Trinajstić information content (AvgIpc) is 2.50. The summed E-state index contributed by atoms with van der Waals surface area (Å²) in [4.78, 5) is 4.36. The predicted molar refractivity (Wildman–Crippen MR) is 61.1 cm³/mol. The van der Waals surface area contributed by atoms with Crippen molar-refractivity contribution in [3.05, 3.63) is 17.8 Å². The number of nitrogens with zero attached hydrogens (tertiary/aromatic N) is 2. The second-order valence-electron chi connectivity index (χ2n) is 3.61. The molecule has 84 valence electrons. The molecule has 0 saturated carbocycles. The molecule has 0 aromatic carbocycles. The number of hydrogen-bond acceptors (Lipinski definition) is 4. The quantitative estimate of drug-likeness (QED) is 0.861. The van der Waals surface area contributed by atoms with Crippen LogP contribution in [0.1, 0.15) is 37.9 Å². The number of halogens is 1. The molecule has 0 aliphatic carbocycles. The SMILES string of the molecule is CC/C=C(/C)c1nc(C2CNC2)no1.Cl. The van der Waals surface area contributed by atoms with E-state index in [2.05, 4.69) is 28.5 Å². The van der Waals surface area contributed by atoms with Crippen LogP contribution in [0.2, 0.25) is 0 Å². The van der Waals surface area contributed by atoms with Gasteiger partial charge in [0.25, 0.3) is 5.89 Å². The zero-order valence-electron chi connectivity index (χ0n) is 8.99. The minimum Gasteiger partial charge on any atom is -0.334 e. The molecule has 5 heteroatoms. The third-order valence-corrected chi connectivity index (χ3v) is 2.44. The normalized spacial score (nSPS) is 17.1. The van der Waals surface area contributed by atoms with Gasteiger partial charge in [-0.1, -0.05) is 18.2 Å². The fraction of sp³-hybridized carbons (Fsp3) is 0.600. The average molecular weight is 230 g/mol. The number of allylic oxidation sites excluding steroid dienone is 2. The molecule has 0 spiro atoms. The molecule has 4 nitrogen and oxygen atoms in total. The van der Waals surface area contributed by atoms with Gasteiger partial charge < -0.3 is 9.84 Å². The van der Waals surface area contributed by atoms with Crippen molar-refractivity contribution in [2.24, 2.45) is 0 Å². The van der Waals surface area contributed by atoms with E-state index in [4.69, 9.17) is 4.52 Å². The van der Waals surface area contributed by atoms with Crippen LogP contribution < -0.4 is 5.32 Å². The van der Waals surface area contributed by atoms with Gasteiger partial charge in [0, 0.05) is 24.6 Å². The van der Waals surface area contributed by atoms with Crippen molar-refractivity contribution in [3.63, 3.8) is 0 Å². The Kier molecular flexibility index (Phi) is 4.29. The molecular formula is C10H16ClN3O. The molecule has 2 rings (SSSR count). The van der Waals surface area contributed by atoms with Crippen LogP contribution >= 0.6 is 12.4 Å². The van der Waals surface area contributed by atoms with Crippen molar-refractivity contribution in [2.75, 3.05) is 13.1 Å². The highest BCUT2D eigenvalue weighted by Crippen LogP contribution is 2.19. The van der Waals surface area contributed by atoms with Crippen molar-refractivity contribution in [3.8, 4) is 0 Å². The Morgan fingerprint density at radius 2 is 2.33 bits per heavy atom. The summed E-state index contributed by atoms with van der Waals surface area (Å²) in [5.41, 5.74) is 1.07. The summed E-state index contributed by atoms with van der Waals surface area (Å²) in [6, 6.07) is 0. The molecule has 15 heavy (non-hydrogen) atoms. The Bertz CT molecular complexity index is 344. The smallest absolute Gasteiger partial charge is 0.253 e. The highest BCUT2D eigenvalue weighted by Gasteiger charge is 2.24.